The average Bonchev–Trinajstić information content (AvgIpc) is 2.58. The van der Waals surface area contributed by atoms with Crippen LogP contribution in [0.25, 0.3) is 0 Å². The first kappa shape index (κ1) is 16.6. The van der Waals surface area contributed by atoms with Gasteiger partial charge < -0.3 is 0 Å². The normalized spacial score (nSPS) is 10.9. The highest BCUT2D eigenvalue weighted by Crippen LogP contribution is 2.37. The smallest absolute Gasteiger partial charge is 0.288 e. The van der Waals surface area contributed by atoms with Gasteiger partial charge in [-0.3, -0.25) is 15.3 Å². The predicted molar refractivity (Wildman–Crippen MR) is 87.8 cm³/mol. The summed E-state index contributed by atoms with van der Waals surface area (Å²) in [5.74, 6) is 0. The lowest BCUT2D eigenvalue weighted by Gasteiger charge is -2.17. The van der Waals surface area contributed by atoms with E-state index >= 15 is 0 Å². The Morgan fingerprint density at radius 1 is 1.13 bits per heavy atom. The molecule has 7 heteroatoms. The van der Waals surface area contributed by atoms with Gasteiger partial charge in [-0.2, -0.15) is 5.11 Å². The minimum atomic E-state index is -0.536. The minimum absolute atomic E-state index is 0.0608. The Kier molecular flexibility index (Phi) is 5.76. The Labute approximate surface area is 134 Å². The summed E-state index contributed by atoms with van der Waals surface area (Å²) < 4.78 is 0. The third-order valence-corrected chi connectivity index (χ3v) is 3.20. The molecule has 0 amide bonds. The molecule has 0 aliphatic carbocycles. The third kappa shape index (κ3) is 4.33. The zero-order chi connectivity index (χ0) is 16.7. The minimum Gasteiger partial charge on any atom is -0.288 e. The zero-order valence-electron chi connectivity index (χ0n) is 12.8. The second-order valence-electron chi connectivity index (χ2n) is 4.91. The SMILES string of the molecule is CCCCN(O)c1c(N=Nc2ccccc2)cccc1[N+](=O)[O-]. The molecule has 0 aliphatic heterocycles. The molecular formula is C16H18N4O3. The standard InChI is InChI=1S/C16H18N4O3/c1-2-3-12-19(21)16-14(10-7-11-15(16)20(22)23)18-17-13-8-5-4-6-9-13/h4-11,21H,2-3,12H2,1H3. The molecule has 0 unspecified atom stereocenters. The van der Waals surface area contributed by atoms with Crippen LogP contribution in [-0.2, 0) is 0 Å². The lowest BCUT2D eigenvalue weighted by atomic mass is 10.2. The van der Waals surface area contributed by atoms with Crippen LogP contribution in [0.2, 0.25) is 0 Å². The summed E-state index contributed by atoms with van der Waals surface area (Å²) in [6.45, 7) is 2.26. The van der Waals surface area contributed by atoms with Crippen molar-refractivity contribution in [1.29, 1.82) is 0 Å². The second-order valence-corrected chi connectivity index (χ2v) is 4.91. The maximum atomic E-state index is 11.2. The molecule has 0 saturated heterocycles. The molecule has 0 spiro atoms. The van der Waals surface area contributed by atoms with Crippen molar-refractivity contribution in [2.75, 3.05) is 11.6 Å². The van der Waals surface area contributed by atoms with Gasteiger partial charge in [0.2, 0.25) is 0 Å². The van der Waals surface area contributed by atoms with Crippen molar-refractivity contribution in [3.63, 3.8) is 0 Å². The fraction of sp³-hybridized carbons (Fsp3) is 0.250. The highest BCUT2D eigenvalue weighted by Gasteiger charge is 2.22. The van der Waals surface area contributed by atoms with Crippen LogP contribution in [0.5, 0.6) is 0 Å². The number of hydroxylamine groups is 1. The van der Waals surface area contributed by atoms with Crippen LogP contribution in [0.4, 0.5) is 22.7 Å². The molecule has 2 aromatic carbocycles. The Morgan fingerprint density at radius 2 is 1.87 bits per heavy atom. The van der Waals surface area contributed by atoms with Gasteiger partial charge in [0, 0.05) is 12.6 Å². The van der Waals surface area contributed by atoms with E-state index in [1.165, 1.54) is 12.1 Å². The number of nitro groups is 1. The number of nitro benzene ring substituents is 1. The van der Waals surface area contributed by atoms with E-state index in [1.54, 1.807) is 18.2 Å². The van der Waals surface area contributed by atoms with Gasteiger partial charge >= 0.3 is 0 Å². The summed E-state index contributed by atoms with van der Waals surface area (Å²) >= 11 is 0. The maximum Gasteiger partial charge on any atom is 0.297 e. The highest BCUT2D eigenvalue weighted by molar-refractivity contribution is 5.76. The predicted octanol–water partition coefficient (Wildman–Crippen LogP) is 5.01. The van der Waals surface area contributed by atoms with E-state index in [-0.39, 0.29) is 23.6 Å². The lowest BCUT2D eigenvalue weighted by Crippen LogP contribution is -2.20. The van der Waals surface area contributed by atoms with E-state index in [2.05, 4.69) is 10.2 Å². The lowest BCUT2D eigenvalue weighted by molar-refractivity contribution is -0.384. The number of hydrogen-bond donors (Lipinski definition) is 1. The van der Waals surface area contributed by atoms with E-state index in [9.17, 15) is 15.3 Å². The van der Waals surface area contributed by atoms with Gasteiger partial charge in [0.15, 0.2) is 5.69 Å². The van der Waals surface area contributed by atoms with Gasteiger partial charge in [0.1, 0.15) is 5.69 Å². The van der Waals surface area contributed by atoms with Crippen LogP contribution in [-0.4, -0.2) is 16.7 Å². The Bertz CT molecular complexity index is 689. The third-order valence-electron chi connectivity index (χ3n) is 3.20. The molecule has 0 aromatic heterocycles. The number of benzene rings is 2. The fourth-order valence-corrected chi connectivity index (χ4v) is 2.04. The van der Waals surface area contributed by atoms with Gasteiger partial charge in [0.25, 0.3) is 5.69 Å². The number of azo groups is 1. The van der Waals surface area contributed by atoms with Gasteiger partial charge in [0.05, 0.1) is 10.6 Å². The molecule has 7 nitrogen and oxygen atoms in total. The summed E-state index contributed by atoms with van der Waals surface area (Å²) in [5.41, 5.74) is 0.739. The van der Waals surface area contributed by atoms with Gasteiger partial charge in [-0.1, -0.05) is 37.6 Å². The fourth-order valence-electron chi connectivity index (χ4n) is 2.04. The van der Waals surface area contributed by atoms with E-state index in [0.717, 1.165) is 11.5 Å². The van der Waals surface area contributed by atoms with Crippen molar-refractivity contribution >= 4 is 22.7 Å². The highest BCUT2D eigenvalue weighted by atomic mass is 16.6. The van der Waals surface area contributed by atoms with Crippen LogP contribution >= 0.6 is 0 Å². The number of para-hydroxylation sites is 1. The molecule has 2 aromatic rings. The van der Waals surface area contributed by atoms with E-state index in [4.69, 9.17) is 0 Å². The molecule has 0 radical (unpaired) electrons. The molecule has 0 aliphatic rings. The number of hydrogen-bond acceptors (Lipinski definition) is 6. The van der Waals surface area contributed by atoms with Crippen molar-refractivity contribution in [2.45, 2.75) is 19.8 Å². The summed E-state index contributed by atoms with van der Waals surface area (Å²) in [7, 11) is 0. The van der Waals surface area contributed by atoms with Crippen LogP contribution in [0.15, 0.2) is 58.8 Å². The number of anilines is 1. The van der Waals surface area contributed by atoms with Crippen molar-refractivity contribution in [1.82, 2.24) is 0 Å². The number of unbranched alkanes of at least 4 members (excludes halogenated alkanes) is 1. The molecule has 1 N–H and O–H groups in total. The van der Waals surface area contributed by atoms with Crippen molar-refractivity contribution in [2.24, 2.45) is 10.2 Å². The maximum absolute atomic E-state index is 11.2. The first-order chi connectivity index (χ1) is 11.1. The van der Waals surface area contributed by atoms with Crippen LogP contribution in [0.3, 0.4) is 0 Å². The molecule has 0 saturated carbocycles. The summed E-state index contributed by atoms with van der Waals surface area (Å²) in [4.78, 5) is 10.7. The Hall–Kier alpha value is -2.80. The molecule has 0 atom stereocenters. The second kappa shape index (κ2) is 8.00. The zero-order valence-corrected chi connectivity index (χ0v) is 12.8. The Balaban J connectivity index is 2.40. The van der Waals surface area contributed by atoms with Crippen LogP contribution < -0.4 is 5.06 Å². The van der Waals surface area contributed by atoms with Crippen molar-refractivity contribution in [3.8, 4) is 0 Å². The van der Waals surface area contributed by atoms with Gasteiger partial charge in [-0.15, -0.1) is 5.11 Å². The topological polar surface area (TPSA) is 91.3 Å². The summed E-state index contributed by atoms with van der Waals surface area (Å²) in [6.07, 6.45) is 1.57. The van der Waals surface area contributed by atoms with Gasteiger partial charge in [-0.25, -0.2) is 5.06 Å². The average molecular weight is 314 g/mol. The van der Waals surface area contributed by atoms with Crippen molar-refractivity contribution < 1.29 is 10.1 Å². The first-order valence-electron chi connectivity index (χ1n) is 7.34. The molecule has 0 heterocycles. The van der Waals surface area contributed by atoms with Crippen LogP contribution in [0.1, 0.15) is 19.8 Å². The first-order valence-corrected chi connectivity index (χ1v) is 7.34. The van der Waals surface area contributed by atoms with E-state index in [0.29, 0.717) is 12.1 Å². The number of nitrogens with zero attached hydrogens (tertiary/aromatic N) is 4. The molecule has 2 rings (SSSR count). The summed E-state index contributed by atoms with van der Waals surface area (Å²) in [5, 5.41) is 30.4. The molecular weight excluding hydrogens is 296 g/mol. The van der Waals surface area contributed by atoms with E-state index < -0.39 is 4.92 Å². The monoisotopic (exact) mass is 314 g/mol. The van der Waals surface area contributed by atoms with E-state index in [1.807, 2.05) is 25.1 Å². The van der Waals surface area contributed by atoms with Crippen molar-refractivity contribution in [3.05, 3.63) is 58.6 Å². The quantitative estimate of drug-likeness (QED) is 0.442. The number of rotatable bonds is 7. The van der Waals surface area contributed by atoms with Gasteiger partial charge in [-0.05, 0) is 24.6 Å². The summed E-state index contributed by atoms with van der Waals surface area (Å²) in [6, 6.07) is 13.5. The molecule has 23 heavy (non-hydrogen) atoms. The molecule has 0 bridgehead atoms. The van der Waals surface area contributed by atoms with Crippen LogP contribution in [0, 0.1) is 10.1 Å². The largest absolute Gasteiger partial charge is 0.297 e. The molecule has 120 valence electrons. The Morgan fingerprint density at radius 3 is 2.52 bits per heavy atom. The molecule has 0 fully saturated rings.